The van der Waals surface area contributed by atoms with Crippen molar-refractivity contribution in [3.63, 3.8) is 0 Å². The maximum Gasteiger partial charge on any atom is 0.305 e. The van der Waals surface area contributed by atoms with Gasteiger partial charge in [-0.15, -0.1) is 0 Å². The van der Waals surface area contributed by atoms with Crippen molar-refractivity contribution in [1.29, 1.82) is 0 Å². The zero-order chi connectivity index (χ0) is 29.3. The number of nitrogens with zero attached hydrogens (tertiary/aromatic N) is 2. The Morgan fingerprint density at radius 1 is 1.00 bits per heavy atom. The van der Waals surface area contributed by atoms with Gasteiger partial charge in [0, 0.05) is 51.4 Å². The summed E-state index contributed by atoms with van der Waals surface area (Å²) in [7, 11) is 1.38. The van der Waals surface area contributed by atoms with Crippen LogP contribution in [0.1, 0.15) is 104 Å². The molecule has 40 heavy (non-hydrogen) atoms. The number of hydrogen-bond donors (Lipinski definition) is 3. The van der Waals surface area contributed by atoms with Crippen LogP contribution in [-0.2, 0) is 22.4 Å². The molecular weight excluding hydrogens is 500 g/mol. The zero-order valence-corrected chi connectivity index (χ0v) is 25.2. The second kappa shape index (κ2) is 11.8. The minimum absolute atomic E-state index is 0.157. The number of H-pyrrole nitrogens is 2. The number of esters is 1. The third-order valence-corrected chi connectivity index (χ3v) is 8.05. The van der Waals surface area contributed by atoms with Gasteiger partial charge in [-0.1, -0.05) is 20.8 Å². The van der Waals surface area contributed by atoms with Crippen LogP contribution < -0.4 is 0 Å². The van der Waals surface area contributed by atoms with Gasteiger partial charge in [0.15, 0.2) is 0 Å². The van der Waals surface area contributed by atoms with Crippen molar-refractivity contribution >= 4 is 39.7 Å². The molecule has 7 nitrogen and oxygen atoms in total. The van der Waals surface area contributed by atoms with Crippen LogP contribution in [0.25, 0.3) is 33.7 Å². The van der Waals surface area contributed by atoms with Crippen molar-refractivity contribution in [2.75, 3.05) is 7.11 Å². The molecule has 0 aliphatic carbocycles. The van der Waals surface area contributed by atoms with Gasteiger partial charge in [-0.25, -0.2) is 4.98 Å². The van der Waals surface area contributed by atoms with Crippen LogP contribution in [0.4, 0.5) is 0 Å². The van der Waals surface area contributed by atoms with E-state index in [1.54, 1.807) is 6.92 Å². The van der Waals surface area contributed by atoms with E-state index in [1.165, 1.54) is 23.8 Å². The molecule has 0 amide bonds. The summed E-state index contributed by atoms with van der Waals surface area (Å²) in [5.74, 6) is 0.169. The van der Waals surface area contributed by atoms with Gasteiger partial charge in [-0.2, -0.15) is 0 Å². The Kier molecular flexibility index (Phi) is 8.64. The smallest absolute Gasteiger partial charge is 0.305 e. The SMILES string of the molecule is CCC(=O)OC.CCc1c(C)c2cc3[nH]c(cc4nc(c(C)c5nc(cc1[nH]2)C(C)=C5)CC4C)c(C)c3C(C)O. The van der Waals surface area contributed by atoms with E-state index in [1.807, 2.05) is 6.92 Å². The van der Waals surface area contributed by atoms with Gasteiger partial charge in [0.1, 0.15) is 0 Å². The Balaban J connectivity index is 0.000000557. The first-order valence-electron chi connectivity index (χ1n) is 14.1. The fraction of sp³-hybridized carbons (Fsp3) is 0.424. The lowest BCUT2D eigenvalue weighted by molar-refractivity contribution is -0.140. The average molecular weight is 543 g/mol. The monoisotopic (exact) mass is 542 g/mol. The molecule has 2 aliphatic heterocycles. The Hall–Kier alpha value is -3.71. The third-order valence-electron chi connectivity index (χ3n) is 8.05. The number of carbonyl (C=O) groups is 1. The first-order chi connectivity index (χ1) is 19.0. The van der Waals surface area contributed by atoms with Crippen molar-refractivity contribution in [3.05, 3.63) is 68.8 Å². The van der Waals surface area contributed by atoms with Gasteiger partial charge < -0.3 is 19.8 Å². The molecule has 0 radical (unpaired) electrons. The number of rotatable bonds is 3. The van der Waals surface area contributed by atoms with Crippen molar-refractivity contribution in [2.24, 2.45) is 0 Å². The third kappa shape index (κ3) is 5.61. The number of aliphatic hydroxyl groups excluding tert-OH is 1. The number of methoxy groups -OCH3 is 1. The van der Waals surface area contributed by atoms with Crippen molar-refractivity contribution in [1.82, 2.24) is 19.9 Å². The highest BCUT2D eigenvalue weighted by atomic mass is 16.5. The number of aromatic nitrogens is 4. The molecule has 7 heteroatoms. The summed E-state index contributed by atoms with van der Waals surface area (Å²) >= 11 is 0. The molecule has 0 spiro atoms. The van der Waals surface area contributed by atoms with Gasteiger partial charge in [0.05, 0.1) is 24.6 Å². The fourth-order valence-corrected chi connectivity index (χ4v) is 5.56. The minimum Gasteiger partial charge on any atom is -0.469 e. The number of nitrogens with one attached hydrogen (secondary N) is 2. The second-order valence-corrected chi connectivity index (χ2v) is 10.9. The highest BCUT2D eigenvalue weighted by Gasteiger charge is 2.21. The molecule has 2 aliphatic rings. The van der Waals surface area contributed by atoms with Crippen molar-refractivity contribution in [3.8, 4) is 0 Å². The Labute approximate surface area is 236 Å². The Morgan fingerprint density at radius 2 is 1.68 bits per heavy atom. The van der Waals surface area contributed by atoms with E-state index in [0.717, 1.165) is 74.4 Å². The van der Waals surface area contributed by atoms with E-state index in [4.69, 9.17) is 9.97 Å². The summed E-state index contributed by atoms with van der Waals surface area (Å²) in [6, 6.07) is 6.46. The standard InChI is InChI=1S/C29H34N4O.C4H8O2/c1-8-20-16(4)25-13-28-29(19(7)34)18(6)26(33-28)11-21-14(2)9-23(30-21)17(5)24-10-15(3)22(31-24)12-27(20)32-25;1-3-4(5)6-2/h10-14,19,32-34H,8-9H2,1-7H3;3H2,1-2H3. The normalized spacial score (nSPS) is 15.2. The lowest BCUT2D eigenvalue weighted by Gasteiger charge is -2.03. The molecule has 212 valence electrons. The van der Waals surface area contributed by atoms with Crippen LogP contribution >= 0.6 is 0 Å². The maximum absolute atomic E-state index is 10.6. The quantitative estimate of drug-likeness (QED) is 0.301. The van der Waals surface area contributed by atoms with E-state index in [-0.39, 0.29) is 5.97 Å². The molecule has 2 unspecified atom stereocenters. The predicted molar refractivity (Wildman–Crippen MR) is 163 cm³/mol. The van der Waals surface area contributed by atoms with Crippen LogP contribution in [0.2, 0.25) is 0 Å². The summed E-state index contributed by atoms with van der Waals surface area (Å²) in [6.45, 7) is 16.5. The number of ether oxygens (including phenoxy) is 1. The number of aryl methyl sites for hydroxylation is 3. The summed E-state index contributed by atoms with van der Waals surface area (Å²) in [6.07, 6.45) is 3.91. The Morgan fingerprint density at radius 3 is 2.27 bits per heavy atom. The van der Waals surface area contributed by atoms with Gasteiger partial charge in [0.2, 0.25) is 0 Å². The molecule has 5 heterocycles. The number of hydrogen-bond acceptors (Lipinski definition) is 5. The number of allylic oxidation sites excluding steroid dienone is 1. The molecule has 0 aromatic carbocycles. The molecular formula is C33H42N4O3. The molecule has 3 N–H and O–H groups in total. The van der Waals surface area contributed by atoms with Crippen LogP contribution in [0, 0.1) is 20.8 Å². The first-order valence-corrected chi connectivity index (χ1v) is 14.1. The van der Waals surface area contributed by atoms with E-state index in [2.05, 4.69) is 80.5 Å². The second-order valence-electron chi connectivity index (χ2n) is 10.9. The zero-order valence-electron chi connectivity index (χ0n) is 25.2. The van der Waals surface area contributed by atoms with E-state index < -0.39 is 6.10 Å². The van der Waals surface area contributed by atoms with E-state index in [9.17, 15) is 9.90 Å². The molecule has 0 saturated carbocycles. The van der Waals surface area contributed by atoms with E-state index >= 15 is 0 Å². The molecule has 0 fully saturated rings. The topological polar surface area (TPSA) is 104 Å². The number of fused-ring (bicyclic) bond motifs is 8. The van der Waals surface area contributed by atoms with Crippen molar-refractivity contribution < 1.29 is 14.6 Å². The van der Waals surface area contributed by atoms with Crippen LogP contribution in [0.5, 0.6) is 0 Å². The predicted octanol–water partition coefficient (Wildman–Crippen LogP) is 7.33. The van der Waals surface area contributed by atoms with Gasteiger partial charge in [-0.3, -0.25) is 9.78 Å². The lowest BCUT2D eigenvalue weighted by Crippen LogP contribution is -1.94. The number of carbonyl (C=O) groups excluding carboxylic acids is 1. The van der Waals surface area contributed by atoms with E-state index in [0.29, 0.717) is 12.3 Å². The fourth-order valence-electron chi connectivity index (χ4n) is 5.56. The van der Waals surface area contributed by atoms with Gasteiger partial charge >= 0.3 is 5.97 Å². The molecule has 0 saturated heterocycles. The molecule has 5 rings (SSSR count). The van der Waals surface area contributed by atoms with Crippen LogP contribution in [0.15, 0.2) is 18.2 Å². The largest absolute Gasteiger partial charge is 0.469 e. The van der Waals surface area contributed by atoms with Crippen molar-refractivity contribution in [2.45, 2.75) is 86.7 Å². The van der Waals surface area contributed by atoms with Gasteiger partial charge in [0.25, 0.3) is 0 Å². The molecule has 3 aromatic heterocycles. The van der Waals surface area contributed by atoms with Crippen LogP contribution in [-0.4, -0.2) is 38.1 Å². The van der Waals surface area contributed by atoms with Crippen LogP contribution in [0.3, 0.4) is 0 Å². The summed E-state index contributed by atoms with van der Waals surface area (Å²) in [4.78, 5) is 27.2. The summed E-state index contributed by atoms with van der Waals surface area (Å²) in [5.41, 5.74) is 15.1. The van der Waals surface area contributed by atoms with Gasteiger partial charge in [-0.05, 0) is 99.6 Å². The first kappa shape index (κ1) is 29.3. The number of aromatic amines is 2. The minimum atomic E-state index is -0.575. The Bertz CT molecular complexity index is 1630. The summed E-state index contributed by atoms with van der Waals surface area (Å²) in [5, 5.41) is 10.6. The highest BCUT2D eigenvalue weighted by molar-refractivity contribution is 5.85. The molecule has 3 aromatic rings. The average Bonchev–Trinajstić information content (AvgIpc) is 3.64. The maximum atomic E-state index is 10.6. The number of aliphatic hydroxyl groups is 1. The molecule has 2 atom stereocenters. The highest BCUT2D eigenvalue weighted by Crippen LogP contribution is 2.33. The molecule has 8 bridgehead atoms. The lowest BCUT2D eigenvalue weighted by atomic mass is 10.0. The summed E-state index contributed by atoms with van der Waals surface area (Å²) < 4.78 is 4.26.